The average molecular weight is 215 g/mol. The molecule has 0 aliphatic rings. The van der Waals surface area contributed by atoms with E-state index in [1.54, 1.807) is 0 Å². The molecular formula is C12H25NO2. The zero-order chi connectivity index (χ0) is 12.1. The Hall–Kier alpha value is -0.570. The Morgan fingerprint density at radius 3 is 2.33 bits per heavy atom. The van der Waals surface area contributed by atoms with Crippen molar-refractivity contribution in [1.82, 2.24) is 4.90 Å². The fourth-order valence-electron chi connectivity index (χ4n) is 1.19. The van der Waals surface area contributed by atoms with Crippen LogP contribution in [0.5, 0.6) is 0 Å². The van der Waals surface area contributed by atoms with Crippen molar-refractivity contribution in [1.29, 1.82) is 0 Å². The van der Waals surface area contributed by atoms with Gasteiger partial charge in [0.15, 0.2) is 0 Å². The van der Waals surface area contributed by atoms with E-state index >= 15 is 0 Å². The Morgan fingerprint density at radius 2 is 1.93 bits per heavy atom. The summed E-state index contributed by atoms with van der Waals surface area (Å²) in [6.45, 7) is 11.4. The summed E-state index contributed by atoms with van der Waals surface area (Å²) in [6.07, 6.45) is 1.10. The van der Waals surface area contributed by atoms with Crippen molar-refractivity contribution in [2.75, 3.05) is 20.2 Å². The molecule has 0 rings (SSSR count). The number of esters is 1. The molecule has 0 amide bonds. The van der Waals surface area contributed by atoms with Gasteiger partial charge >= 0.3 is 5.97 Å². The molecule has 0 fully saturated rings. The SMILES string of the molecule is CCOC(=O)C(C)(C)N(C)CCC(C)C. The number of carbonyl (C=O) groups is 1. The lowest BCUT2D eigenvalue weighted by Gasteiger charge is -2.33. The third-order valence-corrected chi connectivity index (χ3v) is 2.77. The fraction of sp³-hybridized carbons (Fsp3) is 0.917. The maximum atomic E-state index is 11.7. The third kappa shape index (κ3) is 4.65. The predicted octanol–water partition coefficient (Wildman–Crippen LogP) is 2.31. The van der Waals surface area contributed by atoms with Gasteiger partial charge in [-0.15, -0.1) is 0 Å². The van der Waals surface area contributed by atoms with Crippen LogP contribution >= 0.6 is 0 Å². The van der Waals surface area contributed by atoms with Crippen LogP contribution in [0.1, 0.15) is 41.0 Å². The highest BCUT2D eigenvalue weighted by atomic mass is 16.5. The highest BCUT2D eigenvalue weighted by molar-refractivity contribution is 5.79. The molecule has 0 heterocycles. The minimum atomic E-state index is -0.523. The molecule has 0 aromatic rings. The lowest BCUT2D eigenvalue weighted by molar-refractivity contribution is -0.155. The van der Waals surface area contributed by atoms with Crippen LogP contribution < -0.4 is 0 Å². The van der Waals surface area contributed by atoms with Crippen LogP contribution in [-0.4, -0.2) is 36.6 Å². The molecule has 0 unspecified atom stereocenters. The molecule has 0 aromatic heterocycles. The molecule has 3 nitrogen and oxygen atoms in total. The molecule has 0 atom stereocenters. The van der Waals surface area contributed by atoms with Gasteiger partial charge in [0, 0.05) is 0 Å². The number of likely N-dealkylation sites (N-methyl/N-ethyl adjacent to an activating group) is 1. The largest absolute Gasteiger partial charge is 0.465 e. The zero-order valence-corrected chi connectivity index (χ0v) is 11.0. The van der Waals surface area contributed by atoms with Crippen molar-refractivity contribution in [3.63, 3.8) is 0 Å². The van der Waals surface area contributed by atoms with E-state index in [0.29, 0.717) is 12.5 Å². The summed E-state index contributed by atoms with van der Waals surface area (Å²) in [4.78, 5) is 13.7. The molecule has 0 aliphatic carbocycles. The van der Waals surface area contributed by atoms with E-state index in [1.807, 2.05) is 27.8 Å². The van der Waals surface area contributed by atoms with Crippen molar-refractivity contribution >= 4 is 5.97 Å². The van der Waals surface area contributed by atoms with Gasteiger partial charge in [0.1, 0.15) is 5.54 Å². The van der Waals surface area contributed by atoms with E-state index < -0.39 is 5.54 Å². The van der Waals surface area contributed by atoms with Crippen LogP contribution in [-0.2, 0) is 9.53 Å². The van der Waals surface area contributed by atoms with Crippen molar-refractivity contribution < 1.29 is 9.53 Å². The number of hydrogen-bond donors (Lipinski definition) is 0. The van der Waals surface area contributed by atoms with E-state index in [1.165, 1.54) is 0 Å². The zero-order valence-electron chi connectivity index (χ0n) is 11.0. The van der Waals surface area contributed by atoms with Gasteiger partial charge in [-0.25, -0.2) is 0 Å². The van der Waals surface area contributed by atoms with E-state index in [2.05, 4.69) is 18.7 Å². The molecule has 3 heteroatoms. The molecular weight excluding hydrogens is 190 g/mol. The summed E-state index contributed by atoms with van der Waals surface area (Å²) in [7, 11) is 1.97. The maximum absolute atomic E-state index is 11.7. The summed E-state index contributed by atoms with van der Waals surface area (Å²) in [5, 5.41) is 0. The normalized spacial score (nSPS) is 12.3. The number of nitrogens with zero attached hydrogens (tertiary/aromatic N) is 1. The van der Waals surface area contributed by atoms with Crippen LogP contribution in [0, 0.1) is 5.92 Å². The number of rotatable bonds is 6. The van der Waals surface area contributed by atoms with E-state index in [-0.39, 0.29) is 5.97 Å². The van der Waals surface area contributed by atoms with Gasteiger partial charge < -0.3 is 4.74 Å². The smallest absolute Gasteiger partial charge is 0.325 e. The van der Waals surface area contributed by atoms with Gasteiger partial charge in [-0.2, -0.15) is 0 Å². The van der Waals surface area contributed by atoms with Crippen LogP contribution in [0.3, 0.4) is 0 Å². The lowest BCUT2D eigenvalue weighted by atomic mass is 10.0. The van der Waals surface area contributed by atoms with Crippen LogP contribution in [0.2, 0.25) is 0 Å². The van der Waals surface area contributed by atoms with Crippen LogP contribution in [0.15, 0.2) is 0 Å². The molecule has 0 radical (unpaired) electrons. The van der Waals surface area contributed by atoms with Gasteiger partial charge in [0.2, 0.25) is 0 Å². The quantitative estimate of drug-likeness (QED) is 0.637. The second kappa shape index (κ2) is 6.11. The fourth-order valence-corrected chi connectivity index (χ4v) is 1.19. The minimum Gasteiger partial charge on any atom is -0.465 e. The predicted molar refractivity (Wildman–Crippen MR) is 62.8 cm³/mol. The van der Waals surface area contributed by atoms with E-state index in [4.69, 9.17) is 4.74 Å². The Labute approximate surface area is 93.8 Å². The topological polar surface area (TPSA) is 29.5 Å². The number of hydrogen-bond acceptors (Lipinski definition) is 3. The molecule has 90 valence electrons. The van der Waals surface area contributed by atoms with Crippen LogP contribution in [0.25, 0.3) is 0 Å². The summed E-state index contributed by atoms with van der Waals surface area (Å²) >= 11 is 0. The van der Waals surface area contributed by atoms with Crippen LogP contribution in [0.4, 0.5) is 0 Å². The summed E-state index contributed by atoms with van der Waals surface area (Å²) in [6, 6.07) is 0. The molecule has 0 saturated heterocycles. The number of ether oxygens (including phenoxy) is 1. The Morgan fingerprint density at radius 1 is 1.40 bits per heavy atom. The van der Waals surface area contributed by atoms with E-state index in [9.17, 15) is 4.79 Å². The minimum absolute atomic E-state index is 0.142. The summed E-state index contributed by atoms with van der Waals surface area (Å²) in [5.41, 5.74) is -0.523. The van der Waals surface area contributed by atoms with Gasteiger partial charge in [0.25, 0.3) is 0 Å². The first-order chi connectivity index (χ1) is 6.82. The standard InChI is InChI=1S/C12H25NO2/c1-7-15-11(14)12(4,5)13(6)9-8-10(2)3/h10H,7-9H2,1-6H3. The second-order valence-electron chi connectivity index (χ2n) is 4.88. The molecule has 0 N–H and O–H groups in total. The maximum Gasteiger partial charge on any atom is 0.325 e. The van der Waals surface area contributed by atoms with Crippen molar-refractivity contribution in [2.24, 2.45) is 5.92 Å². The Balaban J connectivity index is 4.24. The molecule has 0 bridgehead atoms. The van der Waals surface area contributed by atoms with Gasteiger partial charge in [-0.05, 0) is 46.7 Å². The van der Waals surface area contributed by atoms with Crippen molar-refractivity contribution in [3.05, 3.63) is 0 Å². The van der Waals surface area contributed by atoms with Crippen molar-refractivity contribution in [3.8, 4) is 0 Å². The molecule has 15 heavy (non-hydrogen) atoms. The molecule has 0 aliphatic heterocycles. The monoisotopic (exact) mass is 215 g/mol. The lowest BCUT2D eigenvalue weighted by Crippen LogP contribution is -2.49. The Kier molecular flexibility index (Phi) is 5.88. The average Bonchev–Trinajstić information content (AvgIpc) is 2.14. The van der Waals surface area contributed by atoms with E-state index in [0.717, 1.165) is 13.0 Å². The first-order valence-electron chi connectivity index (χ1n) is 5.70. The second-order valence-corrected chi connectivity index (χ2v) is 4.88. The number of carbonyl (C=O) groups excluding carboxylic acids is 1. The molecule has 0 spiro atoms. The Bertz CT molecular complexity index is 200. The summed E-state index contributed by atoms with van der Waals surface area (Å²) < 4.78 is 5.05. The first kappa shape index (κ1) is 14.4. The highest BCUT2D eigenvalue weighted by Gasteiger charge is 2.33. The summed E-state index contributed by atoms with van der Waals surface area (Å²) in [5.74, 6) is 0.515. The van der Waals surface area contributed by atoms with Crippen molar-refractivity contribution in [2.45, 2.75) is 46.6 Å². The molecule has 0 aromatic carbocycles. The van der Waals surface area contributed by atoms with Gasteiger partial charge in [-0.3, -0.25) is 9.69 Å². The highest BCUT2D eigenvalue weighted by Crippen LogP contribution is 2.16. The van der Waals surface area contributed by atoms with Gasteiger partial charge in [0.05, 0.1) is 6.61 Å². The third-order valence-electron chi connectivity index (χ3n) is 2.77. The molecule has 0 saturated carbocycles. The first-order valence-corrected chi connectivity index (χ1v) is 5.70. The van der Waals surface area contributed by atoms with Gasteiger partial charge in [-0.1, -0.05) is 13.8 Å².